The molecular weight excluding hydrogens is 431 g/mol. The van der Waals surface area contributed by atoms with Crippen LogP contribution in [-0.4, -0.2) is 20.4 Å². The van der Waals surface area contributed by atoms with E-state index < -0.39 is 5.91 Å². The first kappa shape index (κ1) is 19.9. The second kappa shape index (κ2) is 7.81. The number of para-hydroxylation sites is 2. The van der Waals surface area contributed by atoms with Crippen LogP contribution in [0, 0.1) is 6.92 Å². The summed E-state index contributed by atoms with van der Waals surface area (Å²) >= 11 is 12.0. The van der Waals surface area contributed by atoms with Crippen LogP contribution >= 0.6 is 23.2 Å². The van der Waals surface area contributed by atoms with Gasteiger partial charge in [-0.15, -0.1) is 0 Å². The normalized spacial score (nSPS) is 10.9. The smallest absolute Gasteiger partial charge is 0.265 e. The van der Waals surface area contributed by atoms with Crippen molar-refractivity contribution in [3.8, 4) is 11.6 Å². The van der Waals surface area contributed by atoms with Crippen LogP contribution in [0.3, 0.4) is 0 Å². The summed E-state index contributed by atoms with van der Waals surface area (Å²) in [6, 6.07) is 8.23. The average Bonchev–Trinajstić information content (AvgIpc) is 3.05. The van der Waals surface area contributed by atoms with Gasteiger partial charge in [-0.25, -0.2) is 9.97 Å². The number of anilines is 1. The van der Waals surface area contributed by atoms with Crippen LogP contribution in [0.2, 0.25) is 10.0 Å². The number of carbonyl (C=O) groups is 1. The van der Waals surface area contributed by atoms with Gasteiger partial charge in [-0.2, -0.15) is 0 Å². The molecular formula is C20H14Cl2N4O4. The fraction of sp³-hybridized carbons (Fsp3) is 0.100. The number of furan rings is 1. The van der Waals surface area contributed by atoms with Gasteiger partial charge in [0, 0.05) is 13.2 Å². The first-order valence-corrected chi connectivity index (χ1v) is 9.44. The van der Waals surface area contributed by atoms with Gasteiger partial charge in [0.05, 0.1) is 16.3 Å². The Balaban J connectivity index is 1.70. The van der Waals surface area contributed by atoms with Gasteiger partial charge < -0.3 is 19.0 Å². The van der Waals surface area contributed by atoms with Crippen LogP contribution in [-0.2, 0) is 7.05 Å². The highest BCUT2D eigenvalue weighted by Gasteiger charge is 2.23. The molecule has 10 heteroatoms. The molecule has 1 aromatic carbocycles. The number of aryl methyl sites for hydroxylation is 2. The summed E-state index contributed by atoms with van der Waals surface area (Å²) in [4.78, 5) is 33.7. The quantitative estimate of drug-likeness (QED) is 0.494. The number of fused-ring (bicyclic) bond motifs is 1. The number of hydrogen-bond donors (Lipinski definition) is 1. The molecule has 8 nitrogen and oxygen atoms in total. The van der Waals surface area contributed by atoms with Gasteiger partial charge >= 0.3 is 0 Å². The van der Waals surface area contributed by atoms with E-state index in [2.05, 4.69) is 15.3 Å². The fourth-order valence-electron chi connectivity index (χ4n) is 2.89. The Bertz CT molecular complexity index is 1350. The maximum atomic E-state index is 13.0. The molecule has 4 rings (SSSR count). The van der Waals surface area contributed by atoms with Crippen molar-refractivity contribution in [1.82, 2.24) is 14.5 Å². The molecule has 0 fully saturated rings. The Morgan fingerprint density at radius 2 is 2.00 bits per heavy atom. The van der Waals surface area contributed by atoms with Crippen molar-refractivity contribution in [2.24, 2.45) is 7.05 Å². The third-order valence-corrected chi connectivity index (χ3v) is 4.77. The molecule has 0 aliphatic rings. The molecule has 3 aromatic heterocycles. The first-order chi connectivity index (χ1) is 14.3. The highest BCUT2D eigenvalue weighted by Crippen LogP contribution is 2.34. The molecule has 0 saturated carbocycles. The molecule has 152 valence electrons. The van der Waals surface area contributed by atoms with Crippen LogP contribution in [0.4, 0.5) is 5.69 Å². The highest BCUT2D eigenvalue weighted by atomic mass is 35.5. The number of ether oxygens (including phenoxy) is 1. The molecule has 0 radical (unpaired) electrons. The minimum Gasteiger partial charge on any atom is -0.442 e. The van der Waals surface area contributed by atoms with Crippen molar-refractivity contribution in [2.45, 2.75) is 6.92 Å². The van der Waals surface area contributed by atoms with Gasteiger partial charge in [0.15, 0.2) is 5.75 Å². The van der Waals surface area contributed by atoms with Crippen LogP contribution in [0.25, 0.3) is 11.1 Å². The van der Waals surface area contributed by atoms with E-state index in [4.69, 9.17) is 32.4 Å². The minimum atomic E-state index is -0.539. The molecule has 0 spiro atoms. The topological polar surface area (TPSA) is 99.2 Å². The molecule has 0 saturated heterocycles. The third-order valence-electron chi connectivity index (χ3n) is 4.29. The maximum Gasteiger partial charge on any atom is 0.265 e. The van der Waals surface area contributed by atoms with E-state index in [1.165, 1.54) is 23.2 Å². The Morgan fingerprint density at radius 1 is 1.23 bits per heavy atom. The zero-order valence-electron chi connectivity index (χ0n) is 15.8. The number of halogens is 2. The van der Waals surface area contributed by atoms with Crippen molar-refractivity contribution < 1.29 is 13.9 Å². The van der Waals surface area contributed by atoms with E-state index in [0.29, 0.717) is 16.5 Å². The van der Waals surface area contributed by atoms with Gasteiger partial charge in [0.2, 0.25) is 11.6 Å². The van der Waals surface area contributed by atoms with E-state index in [9.17, 15) is 9.59 Å². The Morgan fingerprint density at radius 3 is 2.77 bits per heavy atom. The van der Waals surface area contributed by atoms with Gasteiger partial charge in [-0.05, 0) is 25.1 Å². The van der Waals surface area contributed by atoms with Crippen LogP contribution in [0.1, 0.15) is 16.1 Å². The Kier molecular flexibility index (Phi) is 5.19. The molecule has 1 amide bonds. The second-order valence-electron chi connectivity index (χ2n) is 6.37. The number of hydrogen-bond acceptors (Lipinski definition) is 6. The number of aromatic nitrogens is 3. The van der Waals surface area contributed by atoms with E-state index in [1.54, 1.807) is 38.2 Å². The highest BCUT2D eigenvalue weighted by molar-refractivity contribution is 6.35. The van der Waals surface area contributed by atoms with Crippen LogP contribution < -0.4 is 15.6 Å². The van der Waals surface area contributed by atoms with Crippen LogP contribution in [0.15, 0.2) is 52.1 Å². The lowest BCUT2D eigenvalue weighted by Crippen LogP contribution is -2.20. The molecule has 0 atom stereocenters. The van der Waals surface area contributed by atoms with E-state index in [-0.39, 0.29) is 38.9 Å². The number of nitrogens with zero attached hydrogens (tertiary/aromatic N) is 3. The summed E-state index contributed by atoms with van der Waals surface area (Å²) < 4.78 is 12.5. The van der Waals surface area contributed by atoms with Gasteiger partial charge in [-0.3, -0.25) is 9.59 Å². The summed E-state index contributed by atoms with van der Waals surface area (Å²) in [5.41, 5.74) is 0.173. The van der Waals surface area contributed by atoms with Crippen molar-refractivity contribution >= 4 is 45.9 Å². The van der Waals surface area contributed by atoms with E-state index in [0.717, 1.165) is 0 Å². The number of benzene rings is 1. The molecule has 0 aliphatic heterocycles. The molecule has 0 bridgehead atoms. The minimum absolute atomic E-state index is 0.0995. The number of amides is 1. The van der Waals surface area contributed by atoms with E-state index in [1.807, 2.05) is 0 Å². The summed E-state index contributed by atoms with van der Waals surface area (Å²) in [6.07, 6.45) is 2.73. The van der Waals surface area contributed by atoms with Gasteiger partial charge in [0.25, 0.3) is 11.5 Å². The largest absolute Gasteiger partial charge is 0.442 e. The van der Waals surface area contributed by atoms with Crippen molar-refractivity contribution in [3.63, 3.8) is 0 Å². The predicted octanol–water partition coefficient (Wildman–Crippen LogP) is 4.58. The lowest BCUT2D eigenvalue weighted by Gasteiger charge is -2.12. The molecule has 30 heavy (non-hydrogen) atoms. The fourth-order valence-corrected chi connectivity index (χ4v) is 3.30. The lowest BCUT2D eigenvalue weighted by atomic mass is 10.1. The predicted molar refractivity (Wildman–Crippen MR) is 113 cm³/mol. The summed E-state index contributed by atoms with van der Waals surface area (Å²) in [5, 5.41) is 3.44. The number of carbonyl (C=O) groups excluding carboxylic acids is 1. The molecule has 1 N–H and O–H groups in total. The van der Waals surface area contributed by atoms with Crippen LogP contribution in [0.5, 0.6) is 11.6 Å². The number of rotatable bonds is 4. The summed E-state index contributed by atoms with van der Waals surface area (Å²) in [5.74, 6) is 0.173. The maximum absolute atomic E-state index is 13.0. The van der Waals surface area contributed by atoms with Crippen molar-refractivity contribution in [1.29, 1.82) is 0 Å². The Hall–Kier alpha value is -3.36. The van der Waals surface area contributed by atoms with Gasteiger partial charge in [0.1, 0.15) is 22.5 Å². The van der Waals surface area contributed by atoms with Gasteiger partial charge in [-0.1, -0.05) is 35.3 Å². The standard InChI is InChI=1S/C20H14Cl2N4O4/c1-10-15(16-19(29-10)24-9-26(2)20(16)28)17(27)25-13-5-3-4-6-14(13)30-18-12(22)7-11(21)8-23-18/h3-9H,1-2H3,(H,25,27). The van der Waals surface area contributed by atoms with E-state index >= 15 is 0 Å². The summed E-state index contributed by atoms with van der Waals surface area (Å²) in [7, 11) is 1.55. The lowest BCUT2D eigenvalue weighted by molar-refractivity contribution is 0.102. The molecule has 0 unspecified atom stereocenters. The zero-order valence-corrected chi connectivity index (χ0v) is 17.3. The summed E-state index contributed by atoms with van der Waals surface area (Å²) in [6.45, 7) is 1.59. The monoisotopic (exact) mass is 444 g/mol. The number of nitrogens with one attached hydrogen (secondary N) is 1. The molecule has 4 aromatic rings. The first-order valence-electron chi connectivity index (χ1n) is 8.69. The SMILES string of the molecule is Cc1oc2ncn(C)c(=O)c2c1C(=O)Nc1ccccc1Oc1ncc(Cl)cc1Cl. The average molecular weight is 445 g/mol. The van der Waals surface area contributed by atoms with Crippen molar-refractivity contribution in [2.75, 3.05) is 5.32 Å². The van der Waals surface area contributed by atoms with Crippen molar-refractivity contribution in [3.05, 3.63) is 74.6 Å². The third kappa shape index (κ3) is 3.62. The molecule has 3 heterocycles. The molecule has 0 aliphatic carbocycles. The Labute approximate surface area is 180 Å². The second-order valence-corrected chi connectivity index (χ2v) is 7.21. The number of pyridine rings is 1. The zero-order chi connectivity index (χ0) is 21.4.